The smallest absolute Gasteiger partial charge is 0.227 e. The van der Waals surface area contributed by atoms with Crippen molar-refractivity contribution in [2.24, 2.45) is 5.41 Å². The maximum atomic E-state index is 12.1. The molecule has 0 bridgehead atoms. The van der Waals surface area contributed by atoms with Crippen molar-refractivity contribution >= 4 is 5.91 Å². The molecule has 3 N–H and O–H groups in total. The van der Waals surface area contributed by atoms with Crippen molar-refractivity contribution < 1.29 is 9.90 Å². The molecule has 1 heterocycles. The van der Waals surface area contributed by atoms with Crippen molar-refractivity contribution in [3.8, 4) is 0 Å². The number of aliphatic hydroxyl groups is 1. The standard InChI is InChI=1S/C11H20N2O2/c1-10(5-6-12-7-10)9(15)13-11(8-14)3-2-4-11/h12,14H,2-8H2,1H3,(H,13,15). The molecule has 1 saturated carbocycles. The molecule has 2 aliphatic rings. The summed E-state index contributed by atoms with van der Waals surface area (Å²) < 4.78 is 0. The van der Waals surface area contributed by atoms with Gasteiger partial charge in [0.05, 0.1) is 17.6 Å². The number of carbonyl (C=O) groups is 1. The lowest BCUT2D eigenvalue weighted by molar-refractivity contribution is -0.133. The minimum absolute atomic E-state index is 0.0717. The normalized spacial score (nSPS) is 33.5. The van der Waals surface area contributed by atoms with Crippen LogP contribution in [0.2, 0.25) is 0 Å². The average molecular weight is 212 g/mol. The quantitative estimate of drug-likeness (QED) is 0.618. The number of rotatable bonds is 3. The predicted molar refractivity (Wildman–Crippen MR) is 57.4 cm³/mol. The first-order valence-corrected chi connectivity index (χ1v) is 5.75. The second kappa shape index (κ2) is 3.76. The lowest BCUT2D eigenvalue weighted by Crippen LogP contribution is -2.59. The van der Waals surface area contributed by atoms with Gasteiger partial charge in [-0.15, -0.1) is 0 Å². The zero-order valence-electron chi connectivity index (χ0n) is 9.31. The molecule has 0 spiro atoms. The molecule has 15 heavy (non-hydrogen) atoms. The van der Waals surface area contributed by atoms with Crippen LogP contribution in [0.1, 0.15) is 32.6 Å². The molecule has 0 aromatic carbocycles. The fourth-order valence-corrected chi connectivity index (χ4v) is 2.33. The fourth-order valence-electron chi connectivity index (χ4n) is 2.33. The van der Waals surface area contributed by atoms with Crippen LogP contribution >= 0.6 is 0 Å². The molecule has 1 aliphatic heterocycles. The van der Waals surface area contributed by atoms with Gasteiger partial charge in [0.2, 0.25) is 5.91 Å². The third-order valence-electron chi connectivity index (χ3n) is 3.91. The topological polar surface area (TPSA) is 61.4 Å². The molecule has 0 radical (unpaired) electrons. The van der Waals surface area contributed by atoms with Crippen molar-refractivity contribution in [2.45, 2.75) is 38.1 Å². The van der Waals surface area contributed by atoms with Crippen LogP contribution in [0.3, 0.4) is 0 Å². The van der Waals surface area contributed by atoms with Crippen LogP contribution in [0.15, 0.2) is 0 Å². The van der Waals surface area contributed by atoms with E-state index in [1.807, 2.05) is 6.92 Å². The van der Waals surface area contributed by atoms with Crippen LogP contribution in [0.5, 0.6) is 0 Å². The van der Waals surface area contributed by atoms with E-state index < -0.39 is 0 Å². The second-order valence-corrected chi connectivity index (χ2v) is 5.23. The number of aliphatic hydroxyl groups excluding tert-OH is 1. The average Bonchev–Trinajstić information content (AvgIpc) is 2.60. The number of hydrogen-bond acceptors (Lipinski definition) is 3. The molecule has 2 rings (SSSR count). The molecule has 1 saturated heterocycles. The zero-order chi connectivity index (χ0) is 10.9. The van der Waals surface area contributed by atoms with Gasteiger partial charge >= 0.3 is 0 Å². The maximum absolute atomic E-state index is 12.1. The van der Waals surface area contributed by atoms with Crippen molar-refractivity contribution in [3.63, 3.8) is 0 Å². The van der Waals surface area contributed by atoms with Crippen LogP contribution in [-0.4, -0.2) is 36.2 Å². The molecule has 2 fully saturated rings. The van der Waals surface area contributed by atoms with Crippen LogP contribution in [0, 0.1) is 5.41 Å². The lowest BCUT2D eigenvalue weighted by atomic mass is 9.76. The van der Waals surface area contributed by atoms with E-state index in [-0.39, 0.29) is 23.5 Å². The van der Waals surface area contributed by atoms with Gasteiger partial charge in [0.1, 0.15) is 0 Å². The van der Waals surface area contributed by atoms with E-state index in [0.717, 1.165) is 38.8 Å². The molecule has 1 amide bonds. The van der Waals surface area contributed by atoms with E-state index in [1.54, 1.807) is 0 Å². The van der Waals surface area contributed by atoms with Gasteiger partial charge in [-0.05, 0) is 39.2 Å². The minimum Gasteiger partial charge on any atom is -0.394 e. The van der Waals surface area contributed by atoms with Gasteiger partial charge in [-0.25, -0.2) is 0 Å². The highest BCUT2D eigenvalue weighted by Crippen LogP contribution is 2.33. The second-order valence-electron chi connectivity index (χ2n) is 5.23. The molecule has 1 aliphatic carbocycles. The first-order chi connectivity index (χ1) is 7.10. The van der Waals surface area contributed by atoms with Gasteiger partial charge in [-0.1, -0.05) is 0 Å². The fraction of sp³-hybridized carbons (Fsp3) is 0.909. The Bertz CT molecular complexity index is 250. The molecule has 1 unspecified atom stereocenters. The highest BCUT2D eigenvalue weighted by molar-refractivity contribution is 5.83. The summed E-state index contributed by atoms with van der Waals surface area (Å²) in [6, 6.07) is 0. The number of hydrogen-bond donors (Lipinski definition) is 3. The van der Waals surface area contributed by atoms with Crippen LogP contribution in [0.25, 0.3) is 0 Å². The van der Waals surface area contributed by atoms with Crippen LogP contribution < -0.4 is 10.6 Å². The molecule has 4 heteroatoms. The summed E-state index contributed by atoms with van der Waals surface area (Å²) >= 11 is 0. The number of nitrogens with one attached hydrogen (secondary N) is 2. The van der Waals surface area contributed by atoms with Gasteiger partial charge in [-0.3, -0.25) is 4.79 Å². The Morgan fingerprint density at radius 1 is 1.47 bits per heavy atom. The van der Waals surface area contributed by atoms with Crippen molar-refractivity contribution in [1.82, 2.24) is 10.6 Å². The Balaban J connectivity index is 1.96. The van der Waals surface area contributed by atoms with Crippen LogP contribution in [0.4, 0.5) is 0 Å². The third-order valence-corrected chi connectivity index (χ3v) is 3.91. The van der Waals surface area contributed by atoms with E-state index in [2.05, 4.69) is 10.6 Å². The molecule has 4 nitrogen and oxygen atoms in total. The highest BCUT2D eigenvalue weighted by atomic mass is 16.3. The van der Waals surface area contributed by atoms with E-state index in [4.69, 9.17) is 0 Å². The summed E-state index contributed by atoms with van der Waals surface area (Å²) in [5.74, 6) is 0.0984. The number of amides is 1. The van der Waals surface area contributed by atoms with E-state index in [0.29, 0.717) is 0 Å². The molecular weight excluding hydrogens is 192 g/mol. The Labute approximate surface area is 90.4 Å². The molecule has 86 valence electrons. The van der Waals surface area contributed by atoms with E-state index >= 15 is 0 Å². The van der Waals surface area contributed by atoms with E-state index in [9.17, 15) is 9.90 Å². The van der Waals surface area contributed by atoms with Gasteiger partial charge < -0.3 is 15.7 Å². The van der Waals surface area contributed by atoms with Gasteiger partial charge in [0.25, 0.3) is 0 Å². The minimum atomic E-state index is -0.303. The summed E-state index contributed by atoms with van der Waals surface area (Å²) in [5.41, 5.74) is -0.583. The summed E-state index contributed by atoms with van der Waals surface area (Å²) in [5, 5.41) is 15.5. The van der Waals surface area contributed by atoms with Crippen molar-refractivity contribution in [3.05, 3.63) is 0 Å². The third kappa shape index (κ3) is 1.88. The maximum Gasteiger partial charge on any atom is 0.227 e. The largest absolute Gasteiger partial charge is 0.394 e. The Morgan fingerprint density at radius 2 is 2.20 bits per heavy atom. The zero-order valence-corrected chi connectivity index (χ0v) is 9.31. The Morgan fingerprint density at radius 3 is 2.60 bits per heavy atom. The molecule has 1 atom stereocenters. The summed E-state index contributed by atoms with van der Waals surface area (Å²) in [7, 11) is 0. The summed E-state index contributed by atoms with van der Waals surface area (Å²) in [4.78, 5) is 12.1. The summed E-state index contributed by atoms with van der Waals surface area (Å²) in [6.45, 7) is 3.73. The molecular formula is C11H20N2O2. The summed E-state index contributed by atoms with van der Waals surface area (Å²) in [6.07, 6.45) is 3.83. The first-order valence-electron chi connectivity index (χ1n) is 5.75. The Kier molecular flexibility index (Phi) is 2.73. The van der Waals surface area contributed by atoms with Crippen molar-refractivity contribution in [1.29, 1.82) is 0 Å². The first kappa shape index (κ1) is 10.9. The number of carbonyl (C=O) groups excluding carboxylic acids is 1. The predicted octanol–water partition coefficient (Wildman–Crippen LogP) is 0.0172. The van der Waals surface area contributed by atoms with Gasteiger partial charge in [-0.2, -0.15) is 0 Å². The molecule has 0 aromatic rings. The monoisotopic (exact) mass is 212 g/mol. The lowest BCUT2D eigenvalue weighted by Gasteiger charge is -2.42. The van der Waals surface area contributed by atoms with Crippen molar-refractivity contribution in [2.75, 3.05) is 19.7 Å². The Hall–Kier alpha value is -0.610. The van der Waals surface area contributed by atoms with Crippen LogP contribution in [-0.2, 0) is 4.79 Å². The van der Waals surface area contributed by atoms with Gasteiger partial charge in [0, 0.05) is 6.54 Å². The van der Waals surface area contributed by atoms with Gasteiger partial charge in [0.15, 0.2) is 0 Å². The SMILES string of the molecule is CC1(C(=O)NC2(CO)CCC2)CCNC1. The van der Waals surface area contributed by atoms with E-state index in [1.165, 1.54) is 0 Å². The highest BCUT2D eigenvalue weighted by Gasteiger charge is 2.43. The molecule has 0 aromatic heterocycles.